The van der Waals surface area contributed by atoms with Gasteiger partial charge in [0.1, 0.15) is 5.69 Å². The highest BCUT2D eigenvalue weighted by Gasteiger charge is 2.22. The van der Waals surface area contributed by atoms with Crippen molar-refractivity contribution in [1.29, 1.82) is 0 Å². The Labute approximate surface area is 141 Å². The van der Waals surface area contributed by atoms with Gasteiger partial charge in [0.15, 0.2) is 0 Å². The normalized spacial score (nSPS) is 13.7. The molecule has 2 amide bonds. The SMILES string of the molecule is COc1ccc(NC(=O)N2CCCCc3ccccc32)c(OC)n1. The molecule has 1 aromatic carbocycles. The molecule has 0 unspecified atom stereocenters. The van der Waals surface area contributed by atoms with Crippen LogP contribution in [0.25, 0.3) is 0 Å². The first-order valence-electron chi connectivity index (χ1n) is 7.98. The van der Waals surface area contributed by atoms with Gasteiger partial charge in [-0.25, -0.2) is 4.79 Å². The van der Waals surface area contributed by atoms with E-state index in [1.807, 2.05) is 18.2 Å². The number of carbonyl (C=O) groups is 1. The Morgan fingerprint density at radius 1 is 1.12 bits per heavy atom. The number of fused-ring (bicyclic) bond motifs is 1. The molecule has 1 aliphatic rings. The lowest BCUT2D eigenvalue weighted by Gasteiger charge is -2.23. The van der Waals surface area contributed by atoms with Crippen LogP contribution in [0.1, 0.15) is 18.4 Å². The maximum absolute atomic E-state index is 12.8. The van der Waals surface area contributed by atoms with Crippen LogP contribution in [0.5, 0.6) is 11.8 Å². The van der Waals surface area contributed by atoms with Gasteiger partial charge in [0.25, 0.3) is 0 Å². The molecule has 0 saturated heterocycles. The zero-order chi connectivity index (χ0) is 16.9. The summed E-state index contributed by atoms with van der Waals surface area (Å²) in [5.41, 5.74) is 2.68. The van der Waals surface area contributed by atoms with Crippen LogP contribution in [0.15, 0.2) is 36.4 Å². The minimum atomic E-state index is -0.186. The van der Waals surface area contributed by atoms with Gasteiger partial charge >= 0.3 is 6.03 Å². The van der Waals surface area contributed by atoms with Crippen molar-refractivity contribution in [2.45, 2.75) is 19.3 Å². The topological polar surface area (TPSA) is 63.7 Å². The van der Waals surface area contributed by atoms with Crippen molar-refractivity contribution < 1.29 is 14.3 Å². The molecule has 6 heteroatoms. The number of pyridine rings is 1. The zero-order valence-corrected chi connectivity index (χ0v) is 13.9. The second kappa shape index (κ2) is 7.21. The maximum Gasteiger partial charge on any atom is 0.326 e. The van der Waals surface area contributed by atoms with Gasteiger partial charge in [-0.15, -0.1) is 0 Å². The first-order chi connectivity index (χ1) is 11.7. The van der Waals surface area contributed by atoms with Crippen molar-refractivity contribution in [3.05, 3.63) is 42.0 Å². The number of nitrogens with zero attached hydrogens (tertiary/aromatic N) is 2. The average Bonchev–Trinajstić information content (AvgIpc) is 2.84. The van der Waals surface area contributed by atoms with Gasteiger partial charge in [-0.05, 0) is 37.0 Å². The molecule has 3 rings (SSSR count). The monoisotopic (exact) mass is 327 g/mol. The summed E-state index contributed by atoms with van der Waals surface area (Å²) in [6.45, 7) is 0.689. The quantitative estimate of drug-likeness (QED) is 0.937. The van der Waals surface area contributed by atoms with Crippen LogP contribution in [0.2, 0.25) is 0 Å². The van der Waals surface area contributed by atoms with Crippen LogP contribution in [-0.4, -0.2) is 31.8 Å². The summed E-state index contributed by atoms with van der Waals surface area (Å²) in [5.74, 6) is 0.760. The van der Waals surface area contributed by atoms with E-state index in [0.29, 0.717) is 24.0 Å². The maximum atomic E-state index is 12.8. The number of amides is 2. The molecule has 2 aromatic rings. The first-order valence-corrected chi connectivity index (χ1v) is 7.98. The van der Waals surface area contributed by atoms with Gasteiger partial charge in [0.2, 0.25) is 11.8 Å². The van der Waals surface area contributed by atoms with Gasteiger partial charge in [-0.3, -0.25) is 4.90 Å². The van der Waals surface area contributed by atoms with Crippen molar-refractivity contribution in [3.8, 4) is 11.8 Å². The number of benzene rings is 1. The molecule has 0 saturated carbocycles. The van der Waals surface area contributed by atoms with Gasteiger partial charge in [-0.1, -0.05) is 18.2 Å². The summed E-state index contributed by atoms with van der Waals surface area (Å²) in [6, 6.07) is 11.3. The van der Waals surface area contributed by atoms with E-state index in [4.69, 9.17) is 9.47 Å². The highest BCUT2D eigenvalue weighted by Crippen LogP contribution is 2.29. The molecule has 0 atom stereocenters. The van der Waals surface area contributed by atoms with Crippen LogP contribution < -0.4 is 19.7 Å². The average molecular weight is 327 g/mol. The lowest BCUT2D eigenvalue weighted by atomic mass is 10.1. The second-order valence-corrected chi connectivity index (χ2v) is 5.58. The summed E-state index contributed by atoms with van der Waals surface area (Å²) < 4.78 is 10.3. The van der Waals surface area contributed by atoms with Crippen LogP contribution >= 0.6 is 0 Å². The van der Waals surface area contributed by atoms with E-state index < -0.39 is 0 Å². The fraction of sp³-hybridized carbons (Fsp3) is 0.333. The molecular weight excluding hydrogens is 306 g/mol. The molecule has 0 spiro atoms. The van der Waals surface area contributed by atoms with Gasteiger partial charge in [0, 0.05) is 18.3 Å². The predicted molar refractivity (Wildman–Crippen MR) is 93.1 cm³/mol. The summed E-state index contributed by atoms with van der Waals surface area (Å²) in [4.78, 5) is 18.8. The van der Waals surface area contributed by atoms with E-state index in [2.05, 4.69) is 16.4 Å². The van der Waals surface area contributed by atoms with E-state index in [9.17, 15) is 4.79 Å². The Hall–Kier alpha value is -2.76. The number of carbonyl (C=O) groups excluding carboxylic acids is 1. The fourth-order valence-electron chi connectivity index (χ4n) is 2.87. The number of hydrogen-bond acceptors (Lipinski definition) is 4. The molecule has 0 aliphatic carbocycles. The molecule has 1 aliphatic heterocycles. The van der Waals surface area contributed by atoms with Crippen molar-refractivity contribution >= 4 is 17.4 Å². The van der Waals surface area contributed by atoms with Gasteiger partial charge in [-0.2, -0.15) is 4.98 Å². The van der Waals surface area contributed by atoms with E-state index in [1.54, 1.807) is 17.0 Å². The second-order valence-electron chi connectivity index (χ2n) is 5.58. The van der Waals surface area contributed by atoms with E-state index in [-0.39, 0.29) is 6.03 Å². The minimum Gasteiger partial charge on any atom is -0.481 e. The number of urea groups is 1. The van der Waals surface area contributed by atoms with Crippen LogP contribution in [0.3, 0.4) is 0 Å². The van der Waals surface area contributed by atoms with Crippen LogP contribution in [-0.2, 0) is 6.42 Å². The van der Waals surface area contributed by atoms with Crippen LogP contribution in [0.4, 0.5) is 16.2 Å². The Balaban J connectivity index is 1.85. The standard InChI is InChI=1S/C18H21N3O3/c1-23-16-11-10-14(17(20-16)24-2)19-18(22)21-12-6-5-8-13-7-3-4-9-15(13)21/h3-4,7,9-11H,5-6,8,12H2,1-2H3,(H,19,22). The minimum absolute atomic E-state index is 0.186. The fourth-order valence-corrected chi connectivity index (χ4v) is 2.87. The lowest BCUT2D eigenvalue weighted by molar-refractivity contribution is 0.256. The van der Waals surface area contributed by atoms with Crippen molar-refractivity contribution in [2.75, 3.05) is 31.0 Å². The number of nitrogens with one attached hydrogen (secondary N) is 1. The molecule has 1 N–H and O–H groups in total. The Kier molecular flexibility index (Phi) is 4.84. The Morgan fingerprint density at radius 2 is 1.96 bits per heavy atom. The molecule has 24 heavy (non-hydrogen) atoms. The smallest absolute Gasteiger partial charge is 0.326 e. The van der Waals surface area contributed by atoms with Crippen LogP contribution in [0, 0.1) is 0 Å². The molecular formula is C18H21N3O3. The zero-order valence-electron chi connectivity index (χ0n) is 13.9. The number of anilines is 2. The molecule has 0 bridgehead atoms. The number of rotatable bonds is 3. The highest BCUT2D eigenvalue weighted by molar-refractivity contribution is 6.03. The third kappa shape index (κ3) is 3.27. The summed E-state index contributed by atoms with van der Waals surface area (Å²) in [7, 11) is 3.05. The van der Waals surface area contributed by atoms with E-state index in [0.717, 1.165) is 24.9 Å². The first kappa shape index (κ1) is 16.1. The third-order valence-corrected chi connectivity index (χ3v) is 4.08. The Morgan fingerprint density at radius 3 is 2.75 bits per heavy atom. The molecule has 0 fully saturated rings. The van der Waals surface area contributed by atoms with E-state index in [1.165, 1.54) is 19.8 Å². The number of aryl methyl sites for hydroxylation is 1. The van der Waals surface area contributed by atoms with E-state index >= 15 is 0 Å². The summed E-state index contributed by atoms with van der Waals surface area (Å²) >= 11 is 0. The summed E-state index contributed by atoms with van der Waals surface area (Å²) in [6.07, 6.45) is 3.04. The lowest BCUT2D eigenvalue weighted by Crippen LogP contribution is -2.35. The molecule has 1 aromatic heterocycles. The van der Waals surface area contributed by atoms with Crippen molar-refractivity contribution in [3.63, 3.8) is 0 Å². The Bertz CT molecular complexity index is 733. The van der Waals surface area contributed by atoms with Gasteiger partial charge < -0.3 is 14.8 Å². The van der Waals surface area contributed by atoms with Gasteiger partial charge in [0.05, 0.1) is 14.2 Å². The predicted octanol–water partition coefficient (Wildman–Crippen LogP) is 3.47. The third-order valence-electron chi connectivity index (χ3n) is 4.08. The molecule has 6 nitrogen and oxygen atoms in total. The largest absolute Gasteiger partial charge is 0.481 e. The van der Waals surface area contributed by atoms with Crippen molar-refractivity contribution in [2.24, 2.45) is 0 Å². The number of aromatic nitrogens is 1. The number of para-hydroxylation sites is 1. The molecule has 126 valence electrons. The molecule has 2 heterocycles. The highest BCUT2D eigenvalue weighted by atomic mass is 16.5. The number of methoxy groups -OCH3 is 2. The summed E-state index contributed by atoms with van der Waals surface area (Å²) in [5, 5.41) is 2.90. The number of hydrogen-bond donors (Lipinski definition) is 1. The van der Waals surface area contributed by atoms with Crippen molar-refractivity contribution in [1.82, 2.24) is 4.98 Å². The molecule has 0 radical (unpaired) electrons. The number of ether oxygens (including phenoxy) is 2.